The van der Waals surface area contributed by atoms with Crippen LogP contribution in [0.15, 0.2) is 0 Å². The second-order valence-corrected chi connectivity index (χ2v) is 1.42. The zero-order valence-electron chi connectivity index (χ0n) is 9.54. The van der Waals surface area contributed by atoms with E-state index >= 15 is 0 Å². The molecule has 0 unspecified atom stereocenters. The zero-order chi connectivity index (χ0) is 11.2. The van der Waals surface area contributed by atoms with Gasteiger partial charge in [-0.05, 0) is 0 Å². The molecule has 4 heteroatoms. The minimum atomic E-state index is -2.37. The quantitative estimate of drug-likeness (QED) is 0.462. The van der Waals surface area contributed by atoms with Crippen LogP contribution in [0.2, 0.25) is 0 Å². The van der Waals surface area contributed by atoms with E-state index in [2.05, 4.69) is 9.47 Å². The first kappa shape index (κ1) is 4.66. The van der Waals surface area contributed by atoms with Gasteiger partial charge in [-0.1, -0.05) is 0 Å². The molecule has 62 valence electrons. The highest BCUT2D eigenvalue weighted by molar-refractivity contribution is 4.30. The molecule has 0 bridgehead atoms. The summed E-state index contributed by atoms with van der Waals surface area (Å²) in [7, 11) is 0. The average Bonchev–Trinajstić information content (AvgIpc) is 1.92. The van der Waals surface area contributed by atoms with E-state index in [0.717, 1.165) is 0 Å². The Kier molecular flexibility index (Phi) is 4.12. The Morgan fingerprint density at radius 1 is 0.900 bits per heavy atom. The van der Waals surface area contributed by atoms with Crippen LogP contribution in [0.4, 0.5) is 0 Å². The van der Waals surface area contributed by atoms with E-state index in [-0.39, 0.29) is 13.2 Å². The van der Waals surface area contributed by atoms with Crippen molar-refractivity contribution in [2.45, 2.75) is 0 Å². The SMILES string of the molecule is [2H]C([2H])(O)COCCOCC([2H])([2H])O. The Balaban J connectivity index is 3.23. The second kappa shape index (κ2) is 8.84. The van der Waals surface area contributed by atoms with Crippen LogP contribution in [0, 0.1) is 0 Å². The largest absolute Gasteiger partial charge is 0.394 e. The molecular weight excluding hydrogens is 136 g/mol. The van der Waals surface area contributed by atoms with Gasteiger partial charge in [-0.25, -0.2) is 0 Å². The lowest BCUT2D eigenvalue weighted by molar-refractivity contribution is 0.0222. The molecule has 0 aliphatic heterocycles. The molecule has 0 aromatic carbocycles. The Hall–Kier alpha value is -0.160. The van der Waals surface area contributed by atoms with Crippen molar-refractivity contribution in [2.75, 3.05) is 39.5 Å². The van der Waals surface area contributed by atoms with Gasteiger partial charge in [0.2, 0.25) is 0 Å². The van der Waals surface area contributed by atoms with Crippen LogP contribution >= 0.6 is 0 Å². The maximum Gasteiger partial charge on any atom is 0.0701 e. The topological polar surface area (TPSA) is 58.9 Å². The molecule has 0 aromatic heterocycles. The first-order valence-electron chi connectivity index (χ1n) is 4.81. The average molecular weight is 154 g/mol. The molecule has 0 aromatic rings. The van der Waals surface area contributed by atoms with Gasteiger partial charge in [-0.3, -0.25) is 0 Å². The van der Waals surface area contributed by atoms with Gasteiger partial charge < -0.3 is 19.7 Å². The predicted octanol–water partition coefficient (Wildman–Crippen LogP) is -0.996. The first-order chi connectivity index (χ1) is 6.21. The van der Waals surface area contributed by atoms with Crippen LogP contribution < -0.4 is 0 Å². The predicted molar refractivity (Wildman–Crippen MR) is 35.8 cm³/mol. The molecular formula is C6H14O4. The Labute approximate surface area is 66.0 Å². The minimum Gasteiger partial charge on any atom is -0.394 e. The van der Waals surface area contributed by atoms with E-state index in [4.69, 9.17) is 15.7 Å². The smallest absolute Gasteiger partial charge is 0.0701 e. The van der Waals surface area contributed by atoms with Gasteiger partial charge >= 0.3 is 0 Å². The highest BCUT2D eigenvalue weighted by atomic mass is 16.5. The fourth-order valence-electron chi connectivity index (χ4n) is 0.353. The normalized spacial score (nSPS) is 19.0. The third-order valence-electron chi connectivity index (χ3n) is 0.705. The molecule has 0 atom stereocenters. The summed E-state index contributed by atoms with van der Waals surface area (Å²) in [6, 6.07) is 0. The standard InChI is InChI=1S/C6H14O4/c7-1-3-9-5-6-10-4-2-8/h7-8H,1-6H2/i1D2,2D2. The molecule has 2 N–H and O–H groups in total. The molecule has 0 saturated heterocycles. The maximum absolute atomic E-state index is 8.57. The second-order valence-electron chi connectivity index (χ2n) is 1.42. The van der Waals surface area contributed by atoms with Crippen LogP contribution in [0.3, 0.4) is 0 Å². The highest BCUT2D eigenvalue weighted by Crippen LogP contribution is 1.76. The summed E-state index contributed by atoms with van der Waals surface area (Å²) in [5.74, 6) is 0. The van der Waals surface area contributed by atoms with Crippen LogP contribution in [0.25, 0.3) is 0 Å². The highest BCUT2D eigenvalue weighted by Gasteiger charge is 1.86. The number of rotatable bonds is 7. The van der Waals surface area contributed by atoms with Crippen molar-refractivity contribution >= 4 is 0 Å². The van der Waals surface area contributed by atoms with Crippen molar-refractivity contribution in [3.8, 4) is 0 Å². The summed E-state index contributed by atoms with van der Waals surface area (Å²) in [6.45, 7) is -5.63. The number of hydrogen-bond acceptors (Lipinski definition) is 4. The molecule has 0 saturated carbocycles. The minimum absolute atomic E-state index is 0.0240. The van der Waals surface area contributed by atoms with Gasteiger partial charge in [0.1, 0.15) is 0 Å². The molecule has 0 heterocycles. The monoisotopic (exact) mass is 154 g/mol. The van der Waals surface area contributed by atoms with Gasteiger partial charge in [0.25, 0.3) is 0 Å². The van der Waals surface area contributed by atoms with Crippen molar-refractivity contribution < 1.29 is 25.2 Å². The van der Waals surface area contributed by atoms with Crippen molar-refractivity contribution in [1.82, 2.24) is 0 Å². The van der Waals surface area contributed by atoms with Crippen LogP contribution in [-0.2, 0) is 9.47 Å². The van der Waals surface area contributed by atoms with Crippen LogP contribution in [-0.4, -0.2) is 49.8 Å². The number of hydrogen-bond donors (Lipinski definition) is 2. The lowest BCUT2D eigenvalue weighted by atomic mass is 10.7. The van der Waals surface area contributed by atoms with Crippen molar-refractivity contribution in [1.29, 1.82) is 0 Å². The molecule has 0 rings (SSSR count). The summed E-state index contributed by atoms with van der Waals surface area (Å²) >= 11 is 0. The van der Waals surface area contributed by atoms with Gasteiger partial charge in [0, 0.05) is 0 Å². The summed E-state index contributed by atoms with van der Waals surface area (Å²) in [5, 5.41) is 17.1. The molecule has 0 aliphatic rings. The molecule has 0 fully saturated rings. The summed E-state index contributed by atoms with van der Waals surface area (Å²) in [6.07, 6.45) is 0. The van der Waals surface area contributed by atoms with Gasteiger partial charge in [-0.15, -0.1) is 0 Å². The lowest BCUT2D eigenvalue weighted by Crippen LogP contribution is -2.09. The summed E-state index contributed by atoms with van der Waals surface area (Å²) in [4.78, 5) is 0. The number of aliphatic hydroxyl groups is 2. The van der Waals surface area contributed by atoms with Crippen LogP contribution in [0.1, 0.15) is 5.48 Å². The molecule has 0 amide bonds. The summed E-state index contributed by atoms with van der Waals surface area (Å²) in [5.41, 5.74) is 0. The van der Waals surface area contributed by atoms with Crippen molar-refractivity contribution in [3.63, 3.8) is 0 Å². The zero-order valence-corrected chi connectivity index (χ0v) is 5.54. The third-order valence-corrected chi connectivity index (χ3v) is 0.705. The maximum atomic E-state index is 8.57. The number of ether oxygens (including phenoxy) is 2. The van der Waals surface area contributed by atoms with Gasteiger partial charge in [0.15, 0.2) is 0 Å². The van der Waals surface area contributed by atoms with Gasteiger partial charge in [-0.2, -0.15) is 0 Å². The Bertz CT molecular complexity index is 135. The van der Waals surface area contributed by atoms with Crippen molar-refractivity contribution in [3.05, 3.63) is 0 Å². The van der Waals surface area contributed by atoms with E-state index < -0.39 is 26.3 Å². The van der Waals surface area contributed by atoms with E-state index in [1.807, 2.05) is 0 Å². The van der Waals surface area contributed by atoms with E-state index in [1.54, 1.807) is 0 Å². The molecule has 0 aliphatic carbocycles. The fourth-order valence-corrected chi connectivity index (χ4v) is 0.353. The lowest BCUT2D eigenvalue weighted by Gasteiger charge is -2.01. The molecule has 10 heavy (non-hydrogen) atoms. The van der Waals surface area contributed by atoms with E-state index in [9.17, 15) is 0 Å². The molecule has 4 nitrogen and oxygen atoms in total. The third kappa shape index (κ3) is 7.84. The molecule has 0 radical (unpaired) electrons. The van der Waals surface area contributed by atoms with Crippen LogP contribution in [0.5, 0.6) is 0 Å². The van der Waals surface area contributed by atoms with E-state index in [0.29, 0.717) is 0 Å². The summed E-state index contributed by atoms with van der Waals surface area (Å²) < 4.78 is 36.0. The van der Waals surface area contributed by atoms with Crippen molar-refractivity contribution in [2.24, 2.45) is 0 Å². The fraction of sp³-hybridized carbons (Fsp3) is 1.00. The Morgan fingerprint density at radius 2 is 1.30 bits per heavy atom. The van der Waals surface area contributed by atoms with E-state index in [1.165, 1.54) is 0 Å². The van der Waals surface area contributed by atoms with Gasteiger partial charge in [0.05, 0.1) is 45.0 Å². The molecule has 0 spiro atoms. The Morgan fingerprint density at radius 3 is 1.60 bits per heavy atom. The first-order valence-corrected chi connectivity index (χ1v) is 2.81.